The Morgan fingerprint density at radius 1 is 1.35 bits per heavy atom. The molecule has 0 unspecified atom stereocenters. The van der Waals surface area contributed by atoms with Gasteiger partial charge in [0.2, 0.25) is 0 Å². The number of carbonyl (C=O) groups excluding carboxylic acids is 2. The largest absolute Gasteiger partial charge is 0.449 e. The molecule has 1 aromatic heterocycles. The smallest absolute Gasteiger partial charge is 0.338 e. The summed E-state index contributed by atoms with van der Waals surface area (Å²) in [5.41, 5.74) is 0.994. The number of hydrogen-bond acceptors (Lipinski definition) is 6. The minimum Gasteiger partial charge on any atom is -0.449 e. The van der Waals surface area contributed by atoms with Crippen molar-refractivity contribution in [3.8, 4) is 5.69 Å². The van der Waals surface area contributed by atoms with Gasteiger partial charge >= 0.3 is 5.97 Å². The van der Waals surface area contributed by atoms with Crippen LogP contribution in [0.3, 0.4) is 0 Å². The molecule has 2 atom stereocenters. The molecule has 2 aromatic rings. The van der Waals surface area contributed by atoms with Crippen molar-refractivity contribution >= 4 is 11.9 Å². The van der Waals surface area contributed by atoms with E-state index in [-0.39, 0.29) is 11.9 Å². The molecule has 0 spiro atoms. The maximum Gasteiger partial charge on any atom is 0.338 e. The third-order valence-corrected chi connectivity index (χ3v) is 4.71. The van der Waals surface area contributed by atoms with E-state index in [1.54, 1.807) is 31.2 Å². The number of nitrogens with zero attached hydrogens (tertiary/aromatic N) is 5. The first-order valence-corrected chi connectivity index (χ1v) is 8.95. The van der Waals surface area contributed by atoms with Gasteiger partial charge in [0.05, 0.1) is 11.3 Å². The van der Waals surface area contributed by atoms with E-state index in [2.05, 4.69) is 22.4 Å². The van der Waals surface area contributed by atoms with Crippen molar-refractivity contribution in [2.75, 3.05) is 6.54 Å². The van der Waals surface area contributed by atoms with Gasteiger partial charge in [-0.05, 0) is 61.2 Å². The normalized spacial score (nSPS) is 18.4. The van der Waals surface area contributed by atoms with Crippen molar-refractivity contribution in [3.05, 3.63) is 36.2 Å². The molecular weight excluding hydrogens is 334 g/mol. The molecule has 3 rings (SSSR count). The summed E-state index contributed by atoms with van der Waals surface area (Å²) in [4.78, 5) is 27.0. The molecule has 1 aromatic carbocycles. The maximum absolute atomic E-state index is 12.7. The van der Waals surface area contributed by atoms with Gasteiger partial charge in [0.15, 0.2) is 6.10 Å². The van der Waals surface area contributed by atoms with E-state index in [1.165, 1.54) is 11.0 Å². The van der Waals surface area contributed by atoms with Crippen LogP contribution in [0.15, 0.2) is 30.6 Å². The Hall–Kier alpha value is -2.77. The van der Waals surface area contributed by atoms with Gasteiger partial charge in [-0.1, -0.05) is 13.0 Å². The Labute approximate surface area is 152 Å². The second kappa shape index (κ2) is 8.07. The molecular formula is C18H23N5O3. The Kier molecular flexibility index (Phi) is 5.60. The van der Waals surface area contributed by atoms with E-state index in [4.69, 9.17) is 4.74 Å². The van der Waals surface area contributed by atoms with E-state index in [9.17, 15) is 9.59 Å². The highest BCUT2D eigenvalue weighted by Gasteiger charge is 2.30. The van der Waals surface area contributed by atoms with Crippen LogP contribution in [0.4, 0.5) is 0 Å². The second-order valence-electron chi connectivity index (χ2n) is 6.44. The minimum absolute atomic E-state index is 0.124. The maximum atomic E-state index is 12.7. The zero-order valence-electron chi connectivity index (χ0n) is 15.0. The number of hydrogen-bond donors (Lipinski definition) is 0. The van der Waals surface area contributed by atoms with Crippen molar-refractivity contribution in [2.24, 2.45) is 0 Å². The van der Waals surface area contributed by atoms with Gasteiger partial charge in [0.1, 0.15) is 6.33 Å². The standard InChI is InChI=1S/C18H23N5O3/c1-3-15-8-4-5-10-22(15)17(24)13(2)26-18(25)14-7-6-9-16(11-14)23-12-19-20-21-23/h6-7,9,11-13,15H,3-5,8,10H2,1-2H3/t13-,15+/m0/s1. The number of aromatic nitrogens is 4. The van der Waals surface area contributed by atoms with E-state index in [1.807, 2.05) is 4.90 Å². The highest BCUT2D eigenvalue weighted by molar-refractivity contribution is 5.92. The highest BCUT2D eigenvalue weighted by Crippen LogP contribution is 2.21. The average molecular weight is 357 g/mol. The van der Waals surface area contributed by atoms with Crippen molar-refractivity contribution < 1.29 is 14.3 Å². The third kappa shape index (κ3) is 3.89. The van der Waals surface area contributed by atoms with E-state index in [0.29, 0.717) is 11.3 Å². The molecule has 1 fully saturated rings. The minimum atomic E-state index is -0.814. The lowest BCUT2D eigenvalue weighted by molar-refractivity contribution is -0.143. The number of ether oxygens (including phenoxy) is 1. The zero-order valence-corrected chi connectivity index (χ0v) is 15.0. The number of benzene rings is 1. The van der Waals surface area contributed by atoms with Crippen LogP contribution >= 0.6 is 0 Å². The first-order chi connectivity index (χ1) is 12.6. The first-order valence-electron chi connectivity index (χ1n) is 8.95. The molecule has 0 saturated carbocycles. The molecule has 0 radical (unpaired) electrons. The number of amides is 1. The molecule has 26 heavy (non-hydrogen) atoms. The predicted octanol–water partition coefficient (Wildman–Crippen LogP) is 2.00. The Morgan fingerprint density at radius 2 is 2.19 bits per heavy atom. The molecule has 2 heterocycles. The van der Waals surface area contributed by atoms with Crippen LogP contribution in [-0.2, 0) is 9.53 Å². The Bertz CT molecular complexity index is 762. The van der Waals surface area contributed by atoms with Crippen molar-refractivity contribution in [1.29, 1.82) is 0 Å². The molecule has 0 N–H and O–H groups in total. The van der Waals surface area contributed by atoms with Crippen LogP contribution < -0.4 is 0 Å². The summed E-state index contributed by atoms with van der Waals surface area (Å²) >= 11 is 0. The summed E-state index contributed by atoms with van der Waals surface area (Å²) in [6.45, 7) is 4.44. The van der Waals surface area contributed by atoms with Crippen molar-refractivity contribution in [3.63, 3.8) is 0 Å². The van der Waals surface area contributed by atoms with Crippen molar-refractivity contribution in [2.45, 2.75) is 51.7 Å². The molecule has 8 nitrogen and oxygen atoms in total. The van der Waals surface area contributed by atoms with Gasteiger partial charge in [0, 0.05) is 12.6 Å². The van der Waals surface area contributed by atoms with Gasteiger partial charge in [-0.15, -0.1) is 5.10 Å². The van der Waals surface area contributed by atoms with Crippen LogP contribution in [-0.4, -0.2) is 55.7 Å². The van der Waals surface area contributed by atoms with Gasteiger partial charge in [-0.25, -0.2) is 9.48 Å². The fourth-order valence-electron chi connectivity index (χ4n) is 3.28. The Balaban J connectivity index is 1.67. The molecule has 138 valence electrons. The quantitative estimate of drug-likeness (QED) is 0.760. The zero-order chi connectivity index (χ0) is 18.5. The van der Waals surface area contributed by atoms with Crippen LogP contribution in [0.2, 0.25) is 0 Å². The number of tetrazole rings is 1. The molecule has 1 amide bonds. The van der Waals surface area contributed by atoms with Crippen LogP contribution in [0, 0.1) is 0 Å². The van der Waals surface area contributed by atoms with Gasteiger partial charge in [-0.3, -0.25) is 4.79 Å². The number of rotatable bonds is 5. The Morgan fingerprint density at radius 3 is 2.92 bits per heavy atom. The lowest BCUT2D eigenvalue weighted by atomic mass is 9.99. The molecule has 0 bridgehead atoms. The summed E-state index contributed by atoms with van der Waals surface area (Å²) in [6, 6.07) is 7.01. The lowest BCUT2D eigenvalue weighted by Crippen LogP contribution is -2.48. The van der Waals surface area contributed by atoms with Gasteiger partial charge in [0.25, 0.3) is 5.91 Å². The molecule has 1 aliphatic rings. The van der Waals surface area contributed by atoms with Crippen molar-refractivity contribution in [1.82, 2.24) is 25.1 Å². The highest BCUT2D eigenvalue weighted by atomic mass is 16.5. The molecule has 0 aliphatic carbocycles. The van der Waals surface area contributed by atoms with Gasteiger partial charge in [-0.2, -0.15) is 0 Å². The number of likely N-dealkylation sites (tertiary alicyclic amines) is 1. The molecule has 1 aliphatic heterocycles. The van der Waals surface area contributed by atoms with Crippen LogP contribution in [0.1, 0.15) is 49.9 Å². The first kappa shape index (κ1) is 18.0. The summed E-state index contributed by atoms with van der Waals surface area (Å²) in [5, 5.41) is 11.0. The number of esters is 1. The van der Waals surface area contributed by atoms with E-state index < -0.39 is 12.1 Å². The fourth-order valence-corrected chi connectivity index (χ4v) is 3.28. The number of carbonyl (C=O) groups is 2. The fraction of sp³-hybridized carbons (Fsp3) is 0.500. The average Bonchev–Trinajstić information content (AvgIpc) is 3.22. The monoisotopic (exact) mass is 357 g/mol. The van der Waals surface area contributed by atoms with Gasteiger partial charge < -0.3 is 9.64 Å². The van der Waals surface area contributed by atoms with Crippen LogP contribution in [0.5, 0.6) is 0 Å². The lowest BCUT2D eigenvalue weighted by Gasteiger charge is -2.36. The second-order valence-corrected chi connectivity index (χ2v) is 6.44. The SMILES string of the molecule is CC[C@@H]1CCCCN1C(=O)[C@H](C)OC(=O)c1cccc(-n2cnnn2)c1. The molecule has 1 saturated heterocycles. The van der Waals surface area contributed by atoms with E-state index in [0.717, 1.165) is 32.2 Å². The van der Waals surface area contributed by atoms with E-state index >= 15 is 0 Å². The summed E-state index contributed by atoms with van der Waals surface area (Å²) in [6.07, 6.45) is 4.69. The third-order valence-electron chi connectivity index (χ3n) is 4.71. The summed E-state index contributed by atoms with van der Waals surface area (Å²) < 4.78 is 6.87. The number of piperidine rings is 1. The predicted molar refractivity (Wildman–Crippen MR) is 93.7 cm³/mol. The summed E-state index contributed by atoms with van der Waals surface area (Å²) in [5.74, 6) is -0.660. The summed E-state index contributed by atoms with van der Waals surface area (Å²) in [7, 11) is 0. The van der Waals surface area contributed by atoms with Crippen LogP contribution in [0.25, 0.3) is 5.69 Å². The topological polar surface area (TPSA) is 90.2 Å². The molecule has 8 heteroatoms.